The van der Waals surface area contributed by atoms with Gasteiger partial charge in [0.2, 0.25) is 0 Å². The fraction of sp³-hybridized carbons (Fsp3) is 0.269. The number of carbonyl (C=O) groups is 1. The van der Waals surface area contributed by atoms with Crippen LogP contribution in [0.15, 0.2) is 48.9 Å². The van der Waals surface area contributed by atoms with Gasteiger partial charge in [0.05, 0.1) is 16.3 Å². The van der Waals surface area contributed by atoms with E-state index in [-0.39, 0.29) is 22.8 Å². The van der Waals surface area contributed by atoms with Crippen molar-refractivity contribution in [2.24, 2.45) is 0 Å². The molecular weight excluding hydrogens is 545 g/mol. The highest BCUT2D eigenvalue weighted by molar-refractivity contribution is 7.90. The summed E-state index contributed by atoms with van der Waals surface area (Å²) in [5.74, 6) is -0.694. The number of anilines is 2. The maximum absolute atomic E-state index is 14.9. The van der Waals surface area contributed by atoms with Crippen molar-refractivity contribution in [3.8, 4) is 11.1 Å². The molecule has 10 nitrogen and oxygen atoms in total. The first-order valence-corrected chi connectivity index (χ1v) is 14.2. The quantitative estimate of drug-likeness (QED) is 0.276. The Morgan fingerprint density at radius 1 is 1.15 bits per heavy atom. The van der Waals surface area contributed by atoms with Gasteiger partial charge < -0.3 is 15.2 Å². The Morgan fingerprint density at radius 3 is 2.59 bits per heavy atom. The molecule has 0 aliphatic carbocycles. The van der Waals surface area contributed by atoms with E-state index in [1.807, 2.05) is 12.1 Å². The van der Waals surface area contributed by atoms with E-state index in [4.69, 9.17) is 11.6 Å². The number of halogens is 2. The number of hydrogen-bond acceptors (Lipinski definition) is 7. The van der Waals surface area contributed by atoms with E-state index >= 15 is 0 Å². The second kappa shape index (κ2) is 10.9. The molecule has 1 saturated heterocycles. The zero-order valence-corrected chi connectivity index (χ0v) is 22.9. The molecule has 0 amide bonds. The summed E-state index contributed by atoms with van der Waals surface area (Å²) in [7, 11) is -2.55. The van der Waals surface area contributed by atoms with E-state index in [1.54, 1.807) is 25.4 Å². The first-order chi connectivity index (χ1) is 18.7. The molecule has 0 atom stereocenters. The molecule has 204 valence electrons. The molecular formula is C26H27ClFN7O3S. The molecule has 0 unspecified atom stereocenters. The van der Waals surface area contributed by atoms with Crippen LogP contribution in [0.4, 0.5) is 15.9 Å². The monoisotopic (exact) mass is 571 g/mol. The van der Waals surface area contributed by atoms with Crippen molar-refractivity contribution in [2.45, 2.75) is 6.92 Å². The summed E-state index contributed by atoms with van der Waals surface area (Å²) >= 11 is 6.39. The van der Waals surface area contributed by atoms with Crippen molar-refractivity contribution in [3.63, 3.8) is 0 Å². The van der Waals surface area contributed by atoms with Gasteiger partial charge in [-0.25, -0.2) is 14.4 Å². The molecule has 0 radical (unpaired) electrons. The third-order valence-corrected chi connectivity index (χ3v) is 8.66. The lowest BCUT2D eigenvalue weighted by Crippen LogP contribution is -2.43. The second-order valence-corrected chi connectivity index (χ2v) is 11.3. The first kappa shape index (κ1) is 27.0. The Hall–Kier alpha value is -3.58. The van der Waals surface area contributed by atoms with Crippen molar-refractivity contribution in [1.82, 2.24) is 24.6 Å². The SMILES string of the molecule is CCN(C)S(=O)(=O)Nc1ccc(F)c(C(=O)c2c[nH]c3ncc(-c4ccc(N5CCNCC5)nc4)cc23)c1Cl. The van der Waals surface area contributed by atoms with E-state index in [9.17, 15) is 17.6 Å². The minimum Gasteiger partial charge on any atom is -0.354 e. The standard InChI is InChI=1S/C26H27ClFN7O3S/c1-3-34(2)39(37,38)33-21-6-5-20(28)23(24(21)27)25(36)19-15-32-26-18(19)12-17(14-31-26)16-4-7-22(30-13-16)35-10-8-29-9-11-35/h4-7,12-15,29,33H,3,8-11H2,1-2H3,(H,31,32). The van der Waals surface area contributed by atoms with Crippen molar-refractivity contribution < 1.29 is 17.6 Å². The van der Waals surface area contributed by atoms with Gasteiger partial charge in [-0.1, -0.05) is 18.5 Å². The highest BCUT2D eigenvalue weighted by atomic mass is 35.5. The highest BCUT2D eigenvalue weighted by Gasteiger charge is 2.26. The van der Waals surface area contributed by atoms with E-state index in [1.165, 1.54) is 19.3 Å². The van der Waals surface area contributed by atoms with Gasteiger partial charge >= 0.3 is 10.2 Å². The summed E-state index contributed by atoms with van der Waals surface area (Å²) in [5, 5.41) is 3.45. The molecule has 4 aromatic rings. The second-order valence-electron chi connectivity index (χ2n) is 9.10. The number of pyridine rings is 2. The van der Waals surface area contributed by atoms with Crippen LogP contribution < -0.4 is 14.9 Å². The number of H-pyrrole nitrogens is 1. The number of aromatic nitrogens is 3. The molecule has 5 rings (SSSR count). The lowest BCUT2D eigenvalue weighted by Gasteiger charge is -2.28. The molecule has 39 heavy (non-hydrogen) atoms. The summed E-state index contributed by atoms with van der Waals surface area (Å²) in [6.45, 7) is 5.44. The van der Waals surface area contributed by atoms with Crippen LogP contribution >= 0.6 is 11.6 Å². The fourth-order valence-electron chi connectivity index (χ4n) is 4.35. The summed E-state index contributed by atoms with van der Waals surface area (Å²) in [5.41, 5.74) is 1.58. The number of hydrogen-bond donors (Lipinski definition) is 3. The molecule has 4 heterocycles. The van der Waals surface area contributed by atoms with Crippen LogP contribution in [0.5, 0.6) is 0 Å². The third-order valence-electron chi connectivity index (χ3n) is 6.71. The molecule has 3 N–H and O–H groups in total. The number of nitrogens with one attached hydrogen (secondary N) is 3. The van der Waals surface area contributed by atoms with Gasteiger partial charge in [0.1, 0.15) is 17.3 Å². The van der Waals surface area contributed by atoms with Crippen LogP contribution in [0.2, 0.25) is 5.02 Å². The number of aromatic amines is 1. The molecule has 0 saturated carbocycles. The van der Waals surface area contributed by atoms with Crippen LogP contribution in [0.1, 0.15) is 22.8 Å². The Labute approximate surface area is 230 Å². The van der Waals surface area contributed by atoms with E-state index in [0.29, 0.717) is 11.0 Å². The van der Waals surface area contributed by atoms with Gasteiger partial charge in [0, 0.05) is 80.4 Å². The number of piperazine rings is 1. The van der Waals surface area contributed by atoms with Crippen LogP contribution in [-0.2, 0) is 10.2 Å². The maximum atomic E-state index is 14.9. The lowest BCUT2D eigenvalue weighted by molar-refractivity contribution is 0.103. The molecule has 3 aromatic heterocycles. The number of ketones is 1. The highest BCUT2D eigenvalue weighted by Crippen LogP contribution is 2.33. The van der Waals surface area contributed by atoms with Crippen molar-refractivity contribution in [3.05, 3.63) is 70.9 Å². The Bertz CT molecular complexity index is 1640. The summed E-state index contributed by atoms with van der Waals surface area (Å²) in [6, 6.07) is 7.86. The van der Waals surface area contributed by atoms with Crippen molar-refractivity contribution in [1.29, 1.82) is 0 Å². The molecule has 0 bridgehead atoms. The molecule has 13 heteroatoms. The van der Waals surface area contributed by atoms with Crippen molar-refractivity contribution >= 4 is 50.1 Å². The van der Waals surface area contributed by atoms with Gasteiger partial charge in [0.25, 0.3) is 0 Å². The normalized spacial score (nSPS) is 14.2. The average molecular weight is 572 g/mol. The largest absolute Gasteiger partial charge is 0.354 e. The molecule has 1 aliphatic heterocycles. The average Bonchev–Trinajstić information content (AvgIpc) is 3.38. The predicted octanol–water partition coefficient (Wildman–Crippen LogP) is 3.67. The minimum atomic E-state index is -3.94. The number of carbonyl (C=O) groups excluding carboxylic acids is 1. The summed E-state index contributed by atoms with van der Waals surface area (Å²) in [4.78, 5) is 27.7. The van der Waals surface area contributed by atoms with Gasteiger partial charge in [0.15, 0.2) is 5.78 Å². The number of benzene rings is 1. The lowest BCUT2D eigenvalue weighted by atomic mass is 10.0. The Morgan fingerprint density at radius 2 is 1.90 bits per heavy atom. The first-order valence-electron chi connectivity index (χ1n) is 12.4. The zero-order chi connectivity index (χ0) is 27.7. The van der Waals surface area contributed by atoms with E-state index in [0.717, 1.165) is 53.5 Å². The Balaban J connectivity index is 1.48. The van der Waals surface area contributed by atoms with Gasteiger partial charge in [-0.05, 0) is 30.3 Å². The molecule has 1 aliphatic rings. The molecule has 1 aromatic carbocycles. The van der Waals surface area contributed by atoms with Crippen LogP contribution in [0.3, 0.4) is 0 Å². The third kappa shape index (κ3) is 5.33. The molecule has 0 spiro atoms. The summed E-state index contributed by atoms with van der Waals surface area (Å²) < 4.78 is 43.3. The number of rotatable bonds is 8. The van der Waals surface area contributed by atoms with E-state index in [2.05, 4.69) is 29.9 Å². The van der Waals surface area contributed by atoms with Crippen LogP contribution in [0, 0.1) is 5.82 Å². The number of fused-ring (bicyclic) bond motifs is 1. The Kier molecular flexibility index (Phi) is 7.54. The molecule has 1 fully saturated rings. The smallest absolute Gasteiger partial charge is 0.301 e. The fourth-order valence-corrected chi connectivity index (χ4v) is 5.63. The zero-order valence-electron chi connectivity index (χ0n) is 21.3. The van der Waals surface area contributed by atoms with Gasteiger partial charge in [-0.15, -0.1) is 0 Å². The van der Waals surface area contributed by atoms with Crippen LogP contribution in [0.25, 0.3) is 22.2 Å². The maximum Gasteiger partial charge on any atom is 0.301 e. The predicted molar refractivity (Wildman–Crippen MR) is 150 cm³/mol. The number of nitrogens with zero attached hydrogens (tertiary/aromatic N) is 4. The topological polar surface area (TPSA) is 123 Å². The van der Waals surface area contributed by atoms with E-state index < -0.39 is 27.4 Å². The van der Waals surface area contributed by atoms with Gasteiger partial charge in [-0.2, -0.15) is 12.7 Å². The van der Waals surface area contributed by atoms with Gasteiger partial charge in [-0.3, -0.25) is 9.52 Å². The summed E-state index contributed by atoms with van der Waals surface area (Å²) in [6.07, 6.45) is 4.86. The minimum absolute atomic E-state index is 0.101. The van der Waals surface area contributed by atoms with Crippen molar-refractivity contribution in [2.75, 3.05) is 49.4 Å². The van der Waals surface area contributed by atoms with Crippen LogP contribution in [-0.4, -0.2) is 73.2 Å².